The van der Waals surface area contributed by atoms with Gasteiger partial charge in [0.05, 0.1) is 13.7 Å². The van der Waals surface area contributed by atoms with Crippen molar-refractivity contribution in [3.05, 3.63) is 71.8 Å². The minimum atomic E-state index is -1.08. The second kappa shape index (κ2) is 8.30. The molecule has 0 aliphatic carbocycles. The lowest BCUT2D eigenvalue weighted by atomic mass is 9.86. The summed E-state index contributed by atoms with van der Waals surface area (Å²) in [6.07, 6.45) is 0.448. The number of benzene rings is 3. The standard InChI is InChI=1S/C25H26N2O4/c1-4-25(19-12-13-21(30-3)17(2)16-19)23(28)27(24(29)26-25)14-15-31-22-11-7-9-18-8-5-6-10-20(18)22/h5-13,16H,4,14-15H2,1-3H3,(H,26,29). The van der Waals surface area contributed by atoms with Crippen LogP contribution in [0.15, 0.2) is 60.7 Å². The number of methoxy groups -OCH3 is 1. The first-order chi connectivity index (χ1) is 15.0. The van der Waals surface area contributed by atoms with Crippen molar-refractivity contribution < 1.29 is 19.1 Å². The Morgan fingerprint density at radius 1 is 1.00 bits per heavy atom. The quantitative estimate of drug-likeness (QED) is 0.578. The molecule has 160 valence electrons. The van der Waals surface area contributed by atoms with Crippen molar-refractivity contribution in [3.63, 3.8) is 0 Å². The summed E-state index contributed by atoms with van der Waals surface area (Å²) in [5.74, 6) is 1.22. The van der Waals surface area contributed by atoms with Crippen LogP contribution in [0.3, 0.4) is 0 Å². The molecule has 31 heavy (non-hydrogen) atoms. The van der Waals surface area contributed by atoms with E-state index in [1.54, 1.807) is 7.11 Å². The molecule has 0 spiro atoms. The van der Waals surface area contributed by atoms with Gasteiger partial charge in [0.15, 0.2) is 0 Å². The Labute approximate surface area is 181 Å². The van der Waals surface area contributed by atoms with Gasteiger partial charge in [-0.25, -0.2) is 4.79 Å². The Morgan fingerprint density at radius 2 is 1.77 bits per heavy atom. The fourth-order valence-electron chi connectivity index (χ4n) is 4.18. The summed E-state index contributed by atoms with van der Waals surface area (Å²) in [6, 6.07) is 19.0. The van der Waals surface area contributed by atoms with E-state index >= 15 is 0 Å². The van der Waals surface area contributed by atoms with Crippen molar-refractivity contribution in [2.24, 2.45) is 0 Å². The zero-order valence-corrected chi connectivity index (χ0v) is 18.0. The minimum Gasteiger partial charge on any atom is -0.496 e. The summed E-state index contributed by atoms with van der Waals surface area (Å²) < 4.78 is 11.3. The van der Waals surface area contributed by atoms with E-state index in [-0.39, 0.29) is 19.1 Å². The molecule has 1 atom stereocenters. The second-order valence-corrected chi connectivity index (χ2v) is 7.66. The molecule has 4 rings (SSSR count). The Kier molecular flexibility index (Phi) is 5.55. The summed E-state index contributed by atoms with van der Waals surface area (Å²) in [5, 5.41) is 4.99. The van der Waals surface area contributed by atoms with E-state index in [1.807, 2.05) is 74.5 Å². The molecular weight excluding hydrogens is 392 g/mol. The average molecular weight is 418 g/mol. The van der Waals surface area contributed by atoms with Gasteiger partial charge in [-0.15, -0.1) is 0 Å². The first kappa shape index (κ1) is 20.7. The maximum absolute atomic E-state index is 13.3. The molecule has 1 fully saturated rings. The van der Waals surface area contributed by atoms with E-state index in [0.717, 1.165) is 33.4 Å². The number of rotatable bonds is 7. The van der Waals surface area contributed by atoms with E-state index in [1.165, 1.54) is 4.90 Å². The number of hydrogen-bond acceptors (Lipinski definition) is 4. The summed E-state index contributed by atoms with van der Waals surface area (Å²) in [7, 11) is 1.61. The van der Waals surface area contributed by atoms with E-state index in [2.05, 4.69) is 5.32 Å². The van der Waals surface area contributed by atoms with Gasteiger partial charge in [-0.05, 0) is 48.1 Å². The Morgan fingerprint density at radius 3 is 2.52 bits per heavy atom. The van der Waals surface area contributed by atoms with Crippen molar-refractivity contribution in [1.82, 2.24) is 10.2 Å². The number of amides is 3. The van der Waals surface area contributed by atoms with Crippen LogP contribution in [-0.2, 0) is 10.3 Å². The third-order valence-corrected chi connectivity index (χ3v) is 5.92. The largest absolute Gasteiger partial charge is 0.496 e. The van der Waals surface area contributed by atoms with Crippen molar-refractivity contribution in [2.75, 3.05) is 20.3 Å². The molecule has 6 nitrogen and oxygen atoms in total. The van der Waals surface area contributed by atoms with Crippen LogP contribution in [0.4, 0.5) is 4.79 Å². The van der Waals surface area contributed by atoms with Gasteiger partial charge >= 0.3 is 6.03 Å². The van der Waals surface area contributed by atoms with Crippen LogP contribution in [0.5, 0.6) is 11.5 Å². The summed E-state index contributed by atoms with van der Waals surface area (Å²) in [4.78, 5) is 27.3. The van der Waals surface area contributed by atoms with Crippen molar-refractivity contribution >= 4 is 22.7 Å². The topological polar surface area (TPSA) is 67.9 Å². The van der Waals surface area contributed by atoms with Crippen LogP contribution in [0.1, 0.15) is 24.5 Å². The Bertz CT molecular complexity index is 1140. The van der Waals surface area contributed by atoms with Crippen LogP contribution >= 0.6 is 0 Å². The molecule has 1 saturated heterocycles. The van der Waals surface area contributed by atoms with Gasteiger partial charge in [-0.1, -0.05) is 49.4 Å². The molecule has 3 aromatic rings. The number of nitrogens with zero attached hydrogens (tertiary/aromatic N) is 1. The van der Waals surface area contributed by atoms with Crippen LogP contribution in [0.2, 0.25) is 0 Å². The van der Waals surface area contributed by atoms with E-state index in [0.29, 0.717) is 6.42 Å². The van der Waals surface area contributed by atoms with Crippen LogP contribution in [0, 0.1) is 6.92 Å². The van der Waals surface area contributed by atoms with Crippen LogP contribution < -0.4 is 14.8 Å². The molecule has 3 aromatic carbocycles. The second-order valence-electron chi connectivity index (χ2n) is 7.66. The fraction of sp³-hybridized carbons (Fsp3) is 0.280. The Balaban J connectivity index is 1.51. The van der Waals surface area contributed by atoms with Crippen LogP contribution in [-0.4, -0.2) is 37.1 Å². The van der Waals surface area contributed by atoms with Gasteiger partial charge in [0.2, 0.25) is 0 Å². The van der Waals surface area contributed by atoms with Crippen LogP contribution in [0.25, 0.3) is 10.8 Å². The normalized spacial score (nSPS) is 18.4. The fourth-order valence-corrected chi connectivity index (χ4v) is 4.18. The number of carbonyl (C=O) groups excluding carboxylic acids is 2. The smallest absolute Gasteiger partial charge is 0.325 e. The van der Waals surface area contributed by atoms with Gasteiger partial charge in [0.1, 0.15) is 23.6 Å². The van der Waals surface area contributed by atoms with Gasteiger partial charge in [-0.3, -0.25) is 9.69 Å². The zero-order chi connectivity index (χ0) is 22.0. The number of hydrogen-bond donors (Lipinski definition) is 1. The highest BCUT2D eigenvalue weighted by Gasteiger charge is 2.51. The molecule has 0 radical (unpaired) electrons. The number of ether oxygens (including phenoxy) is 2. The average Bonchev–Trinajstić information content (AvgIpc) is 3.04. The van der Waals surface area contributed by atoms with Gasteiger partial charge in [0.25, 0.3) is 5.91 Å². The SMILES string of the molecule is CCC1(c2ccc(OC)c(C)c2)NC(=O)N(CCOc2cccc3ccccc23)C1=O. The lowest BCUT2D eigenvalue weighted by Crippen LogP contribution is -2.43. The van der Waals surface area contributed by atoms with Gasteiger partial charge in [-0.2, -0.15) is 0 Å². The summed E-state index contributed by atoms with van der Waals surface area (Å²) in [6.45, 7) is 4.20. The number of aryl methyl sites for hydroxylation is 1. The van der Waals surface area contributed by atoms with Crippen molar-refractivity contribution in [3.8, 4) is 11.5 Å². The lowest BCUT2D eigenvalue weighted by molar-refractivity contribution is -0.132. The number of nitrogens with one attached hydrogen (secondary N) is 1. The maximum atomic E-state index is 13.3. The highest BCUT2D eigenvalue weighted by Crippen LogP contribution is 2.34. The number of fused-ring (bicyclic) bond motifs is 1. The van der Waals surface area contributed by atoms with Crippen molar-refractivity contribution in [2.45, 2.75) is 25.8 Å². The maximum Gasteiger partial charge on any atom is 0.325 e. The predicted octanol–water partition coefficient (Wildman–Crippen LogP) is 4.39. The number of carbonyl (C=O) groups is 2. The molecule has 1 aliphatic heterocycles. The van der Waals surface area contributed by atoms with E-state index in [9.17, 15) is 9.59 Å². The molecule has 1 aliphatic rings. The number of urea groups is 1. The van der Waals surface area contributed by atoms with Gasteiger partial charge in [0, 0.05) is 5.39 Å². The molecule has 0 aromatic heterocycles. The molecule has 0 saturated carbocycles. The molecule has 6 heteroatoms. The Hall–Kier alpha value is -3.54. The zero-order valence-electron chi connectivity index (χ0n) is 18.0. The molecule has 1 N–H and O–H groups in total. The third-order valence-electron chi connectivity index (χ3n) is 5.92. The molecule has 1 heterocycles. The third kappa shape index (κ3) is 3.58. The number of imide groups is 1. The highest BCUT2D eigenvalue weighted by molar-refractivity contribution is 6.07. The predicted molar refractivity (Wildman–Crippen MR) is 119 cm³/mol. The highest BCUT2D eigenvalue weighted by atomic mass is 16.5. The monoisotopic (exact) mass is 418 g/mol. The van der Waals surface area contributed by atoms with E-state index < -0.39 is 11.6 Å². The summed E-state index contributed by atoms with van der Waals surface area (Å²) in [5.41, 5.74) is 0.588. The first-order valence-electron chi connectivity index (χ1n) is 10.4. The molecule has 0 bridgehead atoms. The van der Waals surface area contributed by atoms with E-state index in [4.69, 9.17) is 9.47 Å². The summed E-state index contributed by atoms with van der Waals surface area (Å²) >= 11 is 0. The molecular formula is C25H26N2O4. The minimum absolute atomic E-state index is 0.171. The lowest BCUT2D eigenvalue weighted by Gasteiger charge is -2.26. The van der Waals surface area contributed by atoms with Crippen molar-refractivity contribution in [1.29, 1.82) is 0 Å². The molecule has 3 amide bonds. The van der Waals surface area contributed by atoms with Gasteiger partial charge < -0.3 is 14.8 Å². The molecule has 1 unspecified atom stereocenters. The first-order valence-corrected chi connectivity index (χ1v) is 10.4.